The average molecular weight is 695 g/mol. The summed E-state index contributed by atoms with van der Waals surface area (Å²) >= 11 is 0. The van der Waals surface area contributed by atoms with Crippen LogP contribution in [0.25, 0.3) is 0 Å². The lowest BCUT2D eigenvalue weighted by Gasteiger charge is -2.07. The van der Waals surface area contributed by atoms with Crippen LogP contribution in [0.4, 0.5) is 0 Å². The minimum atomic E-state index is -4.03. The van der Waals surface area contributed by atoms with E-state index in [1.165, 1.54) is 116 Å². The maximum atomic E-state index is 12.1. The summed E-state index contributed by atoms with van der Waals surface area (Å²) in [7, 11) is -8.06. The van der Waals surface area contributed by atoms with Crippen molar-refractivity contribution in [1.82, 2.24) is 0 Å². The fourth-order valence-electron chi connectivity index (χ4n) is 5.60. The van der Waals surface area contributed by atoms with Crippen molar-refractivity contribution >= 4 is 32.2 Å². The third-order valence-corrected chi connectivity index (χ3v) is 10.9. The average Bonchev–Trinajstić information content (AvgIpc) is 3.00. The lowest BCUT2D eigenvalue weighted by molar-refractivity contribution is -0.140. The van der Waals surface area contributed by atoms with Crippen LogP contribution in [0.15, 0.2) is 0 Å². The molecule has 0 saturated heterocycles. The second-order valence-corrected chi connectivity index (χ2v) is 16.5. The number of hydrogen-bond acceptors (Lipinski definition) is 8. The number of unbranched alkanes of at least 4 members (excludes halogenated alkanes) is 26. The van der Waals surface area contributed by atoms with Crippen molar-refractivity contribution < 1.29 is 34.8 Å². The first kappa shape index (κ1) is 44.8. The van der Waals surface area contributed by atoms with Crippen molar-refractivity contribution in [3.63, 3.8) is 0 Å². The zero-order valence-electron chi connectivity index (χ0n) is 29.7. The summed E-state index contributed by atoms with van der Waals surface area (Å²) in [4.78, 5) is 23.9. The van der Waals surface area contributed by atoms with E-state index < -0.39 is 45.0 Å². The number of carbonyl (C=O) groups excluding carboxylic acids is 2. The van der Waals surface area contributed by atoms with Crippen LogP contribution in [0.3, 0.4) is 0 Å². The molecule has 0 heterocycles. The summed E-state index contributed by atoms with van der Waals surface area (Å²) in [5.41, 5.74) is 0. The molecule has 0 rings (SSSR count). The van der Waals surface area contributed by atoms with Gasteiger partial charge in [0.05, 0.1) is 24.3 Å². The number of hydrogen-bond donors (Lipinski definition) is 0. The molecule has 0 saturated carbocycles. The maximum absolute atomic E-state index is 12.1. The summed E-state index contributed by atoms with van der Waals surface area (Å²) < 4.78 is 57.5. The van der Waals surface area contributed by atoms with E-state index in [9.17, 15) is 26.4 Å². The molecule has 0 spiro atoms. The molecule has 0 atom stereocenters. The standard InChI is InChI=1S/C36H70O8S2/c1-3-5-7-9-11-13-15-17-19-21-23-25-27-29-33-45(39,40)43-35(37)31-32-36(38)44-46(41,42)34-30-28-26-24-22-20-18-16-14-12-10-8-6-4-2/h3-34H2,1-2H3. The van der Waals surface area contributed by atoms with Gasteiger partial charge in [-0.25, -0.2) is 0 Å². The molecule has 10 heteroatoms. The quantitative estimate of drug-likeness (QED) is 0.0475. The Bertz CT molecular complexity index is 856. The molecular weight excluding hydrogens is 625 g/mol. The third kappa shape index (κ3) is 32.8. The van der Waals surface area contributed by atoms with Crippen LogP contribution in [-0.2, 0) is 38.2 Å². The molecule has 46 heavy (non-hydrogen) atoms. The van der Waals surface area contributed by atoms with Gasteiger partial charge in [0.15, 0.2) is 0 Å². The largest absolute Gasteiger partial charge is 0.346 e. The number of carbonyl (C=O) groups is 2. The summed E-state index contributed by atoms with van der Waals surface area (Å²) in [6.07, 6.45) is 31.1. The molecule has 0 aromatic heterocycles. The molecule has 0 aliphatic carbocycles. The van der Waals surface area contributed by atoms with Crippen LogP contribution < -0.4 is 0 Å². The van der Waals surface area contributed by atoms with Crippen LogP contribution in [-0.4, -0.2) is 40.3 Å². The van der Waals surface area contributed by atoms with Gasteiger partial charge in [-0.05, 0) is 12.8 Å². The summed E-state index contributed by atoms with van der Waals surface area (Å²) in [5.74, 6) is -2.66. The lowest BCUT2D eigenvalue weighted by Crippen LogP contribution is -2.19. The fraction of sp³-hybridized carbons (Fsp3) is 0.944. The second kappa shape index (κ2) is 31.1. The van der Waals surface area contributed by atoms with Crippen LogP contribution in [0.2, 0.25) is 0 Å². The highest BCUT2D eigenvalue weighted by atomic mass is 32.2. The van der Waals surface area contributed by atoms with Crippen LogP contribution in [0, 0.1) is 0 Å². The Kier molecular flexibility index (Phi) is 30.3. The zero-order chi connectivity index (χ0) is 34.2. The Morgan fingerprint density at radius 2 is 0.543 bits per heavy atom. The van der Waals surface area contributed by atoms with Gasteiger partial charge >= 0.3 is 32.2 Å². The molecule has 0 N–H and O–H groups in total. The molecule has 0 unspecified atom stereocenters. The van der Waals surface area contributed by atoms with E-state index in [2.05, 4.69) is 22.2 Å². The van der Waals surface area contributed by atoms with Gasteiger partial charge in [0.1, 0.15) is 0 Å². The van der Waals surface area contributed by atoms with Gasteiger partial charge in [0, 0.05) is 0 Å². The molecule has 0 aromatic rings. The van der Waals surface area contributed by atoms with E-state index in [0.29, 0.717) is 12.8 Å². The van der Waals surface area contributed by atoms with Gasteiger partial charge in [-0.3, -0.25) is 9.59 Å². The summed E-state index contributed by atoms with van der Waals surface area (Å²) in [5, 5.41) is 0. The summed E-state index contributed by atoms with van der Waals surface area (Å²) in [6, 6.07) is 0. The van der Waals surface area contributed by atoms with E-state index >= 15 is 0 Å². The predicted molar refractivity (Wildman–Crippen MR) is 190 cm³/mol. The number of rotatable bonds is 35. The highest BCUT2D eigenvalue weighted by Crippen LogP contribution is 2.15. The van der Waals surface area contributed by atoms with E-state index in [4.69, 9.17) is 0 Å². The van der Waals surface area contributed by atoms with Gasteiger partial charge in [-0.2, -0.15) is 16.8 Å². The van der Waals surface area contributed by atoms with Crippen molar-refractivity contribution in [2.75, 3.05) is 11.5 Å². The van der Waals surface area contributed by atoms with Crippen molar-refractivity contribution in [3.05, 3.63) is 0 Å². The zero-order valence-corrected chi connectivity index (χ0v) is 31.3. The molecular formula is C36H70O8S2. The van der Waals surface area contributed by atoms with E-state index in [1.807, 2.05) is 0 Å². The lowest BCUT2D eigenvalue weighted by atomic mass is 10.0. The van der Waals surface area contributed by atoms with Crippen LogP contribution in [0.1, 0.15) is 206 Å². The first-order valence-electron chi connectivity index (χ1n) is 19.0. The Morgan fingerprint density at radius 1 is 0.348 bits per heavy atom. The van der Waals surface area contributed by atoms with Gasteiger partial charge in [-0.1, -0.05) is 181 Å². The fourth-order valence-corrected chi connectivity index (χ4v) is 7.62. The molecule has 0 radical (unpaired) electrons. The van der Waals surface area contributed by atoms with Crippen LogP contribution in [0.5, 0.6) is 0 Å². The molecule has 274 valence electrons. The molecule has 0 aliphatic heterocycles. The first-order valence-corrected chi connectivity index (χ1v) is 22.2. The second-order valence-electron chi connectivity index (χ2n) is 13.1. The van der Waals surface area contributed by atoms with Crippen LogP contribution >= 0.6 is 0 Å². The minimum absolute atomic E-state index is 0.255. The SMILES string of the molecule is CCCCCCCCCCCCCCCCS(=O)(=O)OC(=O)CCC(=O)OS(=O)(=O)CCCCCCCCCCCCCCCC. The molecule has 0 bridgehead atoms. The molecule has 8 nitrogen and oxygen atoms in total. The highest BCUT2D eigenvalue weighted by Gasteiger charge is 2.21. The Balaban J connectivity index is 3.76. The van der Waals surface area contributed by atoms with E-state index in [1.54, 1.807) is 0 Å². The molecule has 0 fully saturated rings. The molecule has 0 aliphatic rings. The van der Waals surface area contributed by atoms with Gasteiger partial charge in [-0.15, -0.1) is 0 Å². The van der Waals surface area contributed by atoms with Gasteiger partial charge in [0.2, 0.25) is 0 Å². The van der Waals surface area contributed by atoms with Crippen molar-refractivity contribution in [1.29, 1.82) is 0 Å². The van der Waals surface area contributed by atoms with E-state index in [-0.39, 0.29) is 11.5 Å². The Morgan fingerprint density at radius 3 is 0.761 bits per heavy atom. The van der Waals surface area contributed by atoms with Gasteiger partial charge in [0.25, 0.3) is 0 Å². The minimum Gasteiger partial charge on any atom is -0.346 e. The van der Waals surface area contributed by atoms with E-state index in [0.717, 1.165) is 51.4 Å². The first-order chi connectivity index (χ1) is 22.1. The smallest absolute Gasteiger partial charge is 0.322 e. The van der Waals surface area contributed by atoms with Crippen molar-refractivity contribution in [2.45, 2.75) is 206 Å². The van der Waals surface area contributed by atoms with Crippen molar-refractivity contribution in [2.24, 2.45) is 0 Å². The normalized spacial score (nSPS) is 12.0. The predicted octanol–water partition coefficient (Wildman–Crippen LogP) is 10.5. The van der Waals surface area contributed by atoms with Crippen molar-refractivity contribution in [3.8, 4) is 0 Å². The van der Waals surface area contributed by atoms with Gasteiger partial charge < -0.3 is 8.37 Å². The Hall–Kier alpha value is -1.16. The third-order valence-electron chi connectivity index (χ3n) is 8.47. The summed E-state index contributed by atoms with van der Waals surface area (Å²) in [6.45, 7) is 4.47. The maximum Gasteiger partial charge on any atom is 0.322 e. The Labute approximate surface area is 284 Å². The highest BCUT2D eigenvalue weighted by molar-refractivity contribution is 7.87. The topological polar surface area (TPSA) is 121 Å². The molecule has 0 aromatic carbocycles. The monoisotopic (exact) mass is 694 g/mol. The molecule has 0 amide bonds.